The molecule has 4 aromatic rings. The van der Waals surface area contributed by atoms with Gasteiger partial charge >= 0.3 is 0 Å². The molecule has 1 aliphatic carbocycles. The van der Waals surface area contributed by atoms with E-state index in [2.05, 4.69) is 5.32 Å². The number of amides is 2. The van der Waals surface area contributed by atoms with E-state index < -0.39 is 28.5 Å². The van der Waals surface area contributed by atoms with E-state index in [0.717, 1.165) is 53.1 Å². The summed E-state index contributed by atoms with van der Waals surface area (Å²) in [6, 6.07) is 26.6. The van der Waals surface area contributed by atoms with Gasteiger partial charge in [-0.15, -0.1) is 0 Å². The van der Waals surface area contributed by atoms with Crippen LogP contribution in [0.1, 0.15) is 48.8 Å². The Morgan fingerprint density at radius 1 is 0.857 bits per heavy atom. The van der Waals surface area contributed by atoms with Gasteiger partial charge in [-0.3, -0.25) is 13.9 Å². The van der Waals surface area contributed by atoms with Gasteiger partial charge in [0, 0.05) is 29.1 Å². The molecule has 1 N–H and O–H groups in total. The molecule has 11 heteroatoms. The number of halogens is 2. The minimum atomic E-state index is -4.30. The number of methoxy groups -OCH3 is 1. The summed E-state index contributed by atoms with van der Waals surface area (Å²) in [6.45, 7) is 1.27. The van der Waals surface area contributed by atoms with Gasteiger partial charge in [-0.2, -0.15) is 0 Å². The topological polar surface area (TPSA) is 96.0 Å². The zero-order valence-corrected chi connectivity index (χ0v) is 30.0. The molecule has 1 fully saturated rings. The number of hydrogen-bond acceptors (Lipinski definition) is 5. The number of nitrogens with one attached hydrogen (secondary N) is 1. The summed E-state index contributed by atoms with van der Waals surface area (Å²) in [6.07, 6.45) is 5.13. The lowest BCUT2D eigenvalue weighted by Crippen LogP contribution is -2.55. The number of rotatable bonds is 13. The molecule has 0 spiro atoms. The van der Waals surface area contributed by atoms with Crippen molar-refractivity contribution in [2.24, 2.45) is 0 Å². The van der Waals surface area contributed by atoms with E-state index in [1.165, 1.54) is 35.2 Å². The van der Waals surface area contributed by atoms with Crippen LogP contribution in [0.5, 0.6) is 5.75 Å². The van der Waals surface area contributed by atoms with E-state index in [0.29, 0.717) is 5.75 Å². The second kappa shape index (κ2) is 16.6. The molecule has 0 saturated heterocycles. The fourth-order valence-electron chi connectivity index (χ4n) is 6.12. The predicted octanol–water partition coefficient (Wildman–Crippen LogP) is 7.59. The third-order valence-corrected chi connectivity index (χ3v) is 11.0. The smallest absolute Gasteiger partial charge is 0.264 e. The van der Waals surface area contributed by atoms with Crippen molar-refractivity contribution in [1.82, 2.24) is 10.2 Å². The maximum Gasteiger partial charge on any atom is 0.264 e. The summed E-state index contributed by atoms with van der Waals surface area (Å²) in [5, 5.41) is 3.64. The van der Waals surface area contributed by atoms with Crippen LogP contribution in [0.15, 0.2) is 102 Å². The van der Waals surface area contributed by atoms with Gasteiger partial charge < -0.3 is 15.0 Å². The fraction of sp³-hybridized carbons (Fsp3) is 0.316. The maximum absolute atomic E-state index is 14.8. The van der Waals surface area contributed by atoms with Gasteiger partial charge in [-0.25, -0.2) is 8.42 Å². The summed E-state index contributed by atoms with van der Waals surface area (Å²) in [7, 11) is -2.74. The SMILES string of the molecule is COc1cccc(CN(C(=O)CN(c2cc(Cl)cc(Cl)c2)S(=O)(=O)c2ccc(C)cc2)C(Cc2ccccc2)C(=O)NC2CCCCC2)c1. The van der Waals surface area contributed by atoms with Crippen LogP contribution in [0.3, 0.4) is 0 Å². The Labute approximate surface area is 299 Å². The molecule has 0 radical (unpaired) electrons. The molecule has 0 heterocycles. The quantitative estimate of drug-likeness (QED) is 0.154. The molecule has 49 heavy (non-hydrogen) atoms. The van der Waals surface area contributed by atoms with Crippen molar-refractivity contribution in [3.05, 3.63) is 124 Å². The molecule has 5 rings (SSSR count). The van der Waals surface area contributed by atoms with Gasteiger partial charge in [0.2, 0.25) is 11.8 Å². The molecule has 1 atom stereocenters. The molecule has 1 saturated carbocycles. The Morgan fingerprint density at radius 3 is 2.16 bits per heavy atom. The van der Waals surface area contributed by atoms with Crippen LogP contribution in [-0.2, 0) is 32.6 Å². The minimum Gasteiger partial charge on any atom is -0.497 e. The molecule has 0 aliphatic heterocycles. The molecule has 2 amide bonds. The second-order valence-electron chi connectivity index (χ2n) is 12.4. The highest BCUT2D eigenvalue weighted by molar-refractivity contribution is 7.92. The highest BCUT2D eigenvalue weighted by Crippen LogP contribution is 2.31. The van der Waals surface area contributed by atoms with Crippen molar-refractivity contribution in [1.29, 1.82) is 0 Å². The number of nitrogens with zero attached hydrogens (tertiary/aromatic N) is 2. The van der Waals surface area contributed by atoms with Crippen LogP contribution in [0.2, 0.25) is 10.0 Å². The molecule has 0 aromatic heterocycles. The average Bonchev–Trinajstić information content (AvgIpc) is 3.09. The third-order valence-electron chi connectivity index (χ3n) is 8.73. The van der Waals surface area contributed by atoms with Gasteiger partial charge in [0.1, 0.15) is 18.3 Å². The molecular formula is C38H41Cl2N3O5S. The number of anilines is 1. The van der Waals surface area contributed by atoms with E-state index in [1.807, 2.05) is 49.4 Å². The molecule has 4 aromatic carbocycles. The number of carbonyl (C=O) groups excluding carboxylic acids is 2. The normalized spacial score (nSPS) is 14.1. The van der Waals surface area contributed by atoms with Crippen molar-refractivity contribution in [2.45, 2.75) is 69.0 Å². The van der Waals surface area contributed by atoms with Crippen LogP contribution in [0, 0.1) is 6.92 Å². The summed E-state index contributed by atoms with van der Waals surface area (Å²) in [4.78, 5) is 30.5. The molecule has 1 unspecified atom stereocenters. The first kappa shape index (κ1) is 36.2. The average molecular weight is 723 g/mol. The highest BCUT2D eigenvalue weighted by atomic mass is 35.5. The first-order valence-corrected chi connectivity index (χ1v) is 18.6. The van der Waals surface area contributed by atoms with E-state index in [9.17, 15) is 18.0 Å². The van der Waals surface area contributed by atoms with Gasteiger partial charge in [0.15, 0.2) is 0 Å². The summed E-state index contributed by atoms with van der Waals surface area (Å²) >= 11 is 12.7. The molecule has 8 nitrogen and oxygen atoms in total. The van der Waals surface area contributed by atoms with Crippen molar-refractivity contribution in [3.8, 4) is 5.75 Å². The Bertz CT molecular complexity index is 1830. The van der Waals surface area contributed by atoms with Crippen LogP contribution in [-0.4, -0.2) is 50.9 Å². The van der Waals surface area contributed by atoms with Crippen molar-refractivity contribution < 1.29 is 22.7 Å². The van der Waals surface area contributed by atoms with E-state index in [-0.39, 0.29) is 45.5 Å². The first-order chi connectivity index (χ1) is 23.5. The maximum atomic E-state index is 14.8. The number of ether oxygens (including phenoxy) is 1. The minimum absolute atomic E-state index is 0.000288. The largest absolute Gasteiger partial charge is 0.497 e. The third kappa shape index (κ3) is 9.56. The molecular weight excluding hydrogens is 681 g/mol. The van der Waals surface area contributed by atoms with Crippen molar-refractivity contribution >= 4 is 50.7 Å². The van der Waals surface area contributed by atoms with Crippen molar-refractivity contribution in [3.63, 3.8) is 0 Å². The van der Waals surface area contributed by atoms with Gasteiger partial charge in [-0.05, 0) is 73.4 Å². The zero-order valence-electron chi connectivity index (χ0n) is 27.6. The second-order valence-corrected chi connectivity index (χ2v) is 15.1. The molecule has 1 aliphatic rings. The lowest BCUT2D eigenvalue weighted by molar-refractivity contribution is -0.140. The van der Waals surface area contributed by atoms with Gasteiger partial charge in [-0.1, -0.05) is 103 Å². The Morgan fingerprint density at radius 2 is 1.51 bits per heavy atom. The number of sulfonamides is 1. The van der Waals surface area contributed by atoms with E-state index >= 15 is 0 Å². The zero-order chi connectivity index (χ0) is 35.0. The highest BCUT2D eigenvalue weighted by Gasteiger charge is 2.35. The number of hydrogen-bond donors (Lipinski definition) is 1. The van der Waals surface area contributed by atoms with Gasteiger partial charge in [0.25, 0.3) is 10.0 Å². The van der Waals surface area contributed by atoms with Gasteiger partial charge in [0.05, 0.1) is 17.7 Å². The van der Waals surface area contributed by atoms with Crippen LogP contribution < -0.4 is 14.4 Å². The lowest BCUT2D eigenvalue weighted by atomic mass is 9.94. The summed E-state index contributed by atoms with van der Waals surface area (Å²) in [5.41, 5.74) is 2.58. The summed E-state index contributed by atoms with van der Waals surface area (Å²) in [5.74, 6) is -0.270. The summed E-state index contributed by atoms with van der Waals surface area (Å²) < 4.78 is 35.1. The van der Waals surface area contributed by atoms with Crippen LogP contribution in [0.4, 0.5) is 5.69 Å². The Kier molecular flexibility index (Phi) is 12.3. The number of benzene rings is 4. The number of aryl methyl sites for hydroxylation is 1. The van der Waals surface area contributed by atoms with Crippen LogP contribution in [0.25, 0.3) is 0 Å². The Balaban J connectivity index is 1.59. The van der Waals surface area contributed by atoms with E-state index in [4.69, 9.17) is 27.9 Å². The van der Waals surface area contributed by atoms with E-state index in [1.54, 1.807) is 31.4 Å². The predicted molar refractivity (Wildman–Crippen MR) is 195 cm³/mol. The Hall–Kier alpha value is -4.05. The fourth-order valence-corrected chi connectivity index (χ4v) is 8.03. The first-order valence-electron chi connectivity index (χ1n) is 16.4. The molecule has 0 bridgehead atoms. The number of carbonyl (C=O) groups is 2. The van der Waals surface area contributed by atoms with Crippen molar-refractivity contribution in [2.75, 3.05) is 18.0 Å². The lowest BCUT2D eigenvalue weighted by Gasteiger charge is -2.35. The van der Waals surface area contributed by atoms with Crippen LogP contribution >= 0.6 is 23.2 Å². The monoisotopic (exact) mass is 721 g/mol. The molecule has 258 valence electrons. The standard InChI is InChI=1S/C38H41Cl2N3O5S/c1-27-16-18-35(19-17-27)49(46,47)43(33-23-30(39)22-31(40)24-33)26-37(44)42(25-29-12-9-15-34(20-29)48-2)36(21-28-10-5-3-6-11-28)38(45)41-32-13-7-4-8-14-32/h3,5-6,9-12,15-20,22-24,32,36H,4,7-8,13-14,21,25-26H2,1-2H3,(H,41,45).